The number of hydrogen-bond acceptors (Lipinski definition) is 4. The van der Waals surface area contributed by atoms with Crippen LogP contribution in [-0.2, 0) is 14.2 Å². The van der Waals surface area contributed by atoms with Crippen molar-refractivity contribution in [1.29, 1.82) is 0 Å². The highest BCUT2D eigenvalue weighted by Gasteiger charge is 2.25. The molecule has 1 N–H and O–H groups in total. The first kappa shape index (κ1) is 12.8. The number of ether oxygens (including phenoxy) is 3. The summed E-state index contributed by atoms with van der Waals surface area (Å²) in [5, 5.41) is 8.56. The molecule has 0 aromatic carbocycles. The van der Waals surface area contributed by atoms with Gasteiger partial charge in [0.25, 0.3) is 5.97 Å². The van der Waals surface area contributed by atoms with Crippen LogP contribution in [-0.4, -0.2) is 37.5 Å². The minimum absolute atomic E-state index is 0.119. The summed E-state index contributed by atoms with van der Waals surface area (Å²) < 4.78 is 15.9. The lowest BCUT2D eigenvalue weighted by atomic mass is 10.5. The first-order chi connectivity index (χ1) is 6.18. The molecule has 0 amide bonds. The molecule has 0 atom stereocenters. The van der Waals surface area contributed by atoms with E-state index in [0.717, 1.165) is 0 Å². The molecule has 0 heterocycles. The van der Waals surface area contributed by atoms with Crippen molar-refractivity contribution < 1.29 is 19.3 Å². The van der Waals surface area contributed by atoms with E-state index < -0.39 is 5.97 Å². The summed E-state index contributed by atoms with van der Waals surface area (Å²) in [6, 6.07) is 0. The van der Waals surface area contributed by atoms with Gasteiger partial charge in [0.2, 0.25) is 0 Å². The van der Waals surface area contributed by atoms with E-state index in [9.17, 15) is 0 Å². The van der Waals surface area contributed by atoms with Crippen LogP contribution in [0.15, 0.2) is 0 Å². The Hall–Kier alpha value is -0.160. The van der Waals surface area contributed by atoms with Crippen molar-refractivity contribution in [1.82, 2.24) is 0 Å². The van der Waals surface area contributed by atoms with Crippen LogP contribution in [0.3, 0.4) is 0 Å². The Morgan fingerprint density at radius 2 is 1.62 bits per heavy atom. The van der Waals surface area contributed by atoms with Gasteiger partial charge in [-0.05, 0) is 20.3 Å². The van der Waals surface area contributed by atoms with Gasteiger partial charge in [-0.1, -0.05) is 0 Å². The smallest absolute Gasteiger partial charge is 0.279 e. The highest BCUT2D eigenvalue weighted by atomic mass is 16.9. The molecule has 0 aliphatic rings. The quantitative estimate of drug-likeness (QED) is 0.462. The Morgan fingerprint density at radius 1 is 1.08 bits per heavy atom. The molecule has 0 bridgehead atoms. The van der Waals surface area contributed by atoms with Gasteiger partial charge >= 0.3 is 0 Å². The van der Waals surface area contributed by atoms with Crippen molar-refractivity contribution in [3.63, 3.8) is 0 Å². The van der Waals surface area contributed by atoms with E-state index in [0.29, 0.717) is 26.2 Å². The van der Waals surface area contributed by atoms with Gasteiger partial charge in [-0.3, -0.25) is 0 Å². The molecule has 80 valence electrons. The monoisotopic (exact) mass is 192 g/mol. The van der Waals surface area contributed by atoms with E-state index in [-0.39, 0.29) is 6.61 Å². The van der Waals surface area contributed by atoms with Crippen LogP contribution in [0.2, 0.25) is 0 Å². The summed E-state index contributed by atoms with van der Waals surface area (Å²) in [7, 11) is 0. The van der Waals surface area contributed by atoms with E-state index in [1.165, 1.54) is 0 Å². The molecular formula is C9H20O4. The topological polar surface area (TPSA) is 47.9 Å². The minimum atomic E-state index is -0.960. The molecule has 0 aliphatic heterocycles. The van der Waals surface area contributed by atoms with E-state index in [1.807, 2.05) is 13.8 Å². The summed E-state index contributed by atoms with van der Waals surface area (Å²) in [6.07, 6.45) is 0.593. The predicted molar refractivity (Wildman–Crippen MR) is 49.3 cm³/mol. The van der Waals surface area contributed by atoms with Crippen LogP contribution in [0.1, 0.15) is 27.2 Å². The van der Waals surface area contributed by atoms with Crippen LogP contribution in [0.5, 0.6) is 0 Å². The standard InChI is InChI=1S/C9H20O4/c1-4-11-9(3,12-5-2)13-8-6-7-10/h10H,4-8H2,1-3H3. The molecule has 0 saturated heterocycles. The van der Waals surface area contributed by atoms with Crippen molar-refractivity contribution in [3.05, 3.63) is 0 Å². The van der Waals surface area contributed by atoms with E-state index in [4.69, 9.17) is 19.3 Å². The molecule has 0 saturated carbocycles. The number of hydrogen-bond donors (Lipinski definition) is 1. The maximum atomic E-state index is 8.56. The Labute approximate surface area is 79.8 Å². The fourth-order valence-corrected chi connectivity index (χ4v) is 0.971. The van der Waals surface area contributed by atoms with Crippen LogP contribution in [0, 0.1) is 0 Å². The average Bonchev–Trinajstić information content (AvgIpc) is 2.05. The molecule has 0 rings (SSSR count). The normalized spacial score (nSPS) is 12.0. The summed E-state index contributed by atoms with van der Waals surface area (Å²) >= 11 is 0. The Morgan fingerprint density at radius 3 is 2.00 bits per heavy atom. The van der Waals surface area contributed by atoms with Crippen LogP contribution >= 0.6 is 0 Å². The SMILES string of the molecule is CCOC(C)(OCC)OCCCO. The maximum absolute atomic E-state index is 8.56. The van der Waals surface area contributed by atoms with Crippen LogP contribution in [0.4, 0.5) is 0 Å². The van der Waals surface area contributed by atoms with Crippen molar-refractivity contribution >= 4 is 0 Å². The lowest BCUT2D eigenvalue weighted by Gasteiger charge is -2.28. The van der Waals surface area contributed by atoms with Gasteiger partial charge in [-0.15, -0.1) is 0 Å². The second-order valence-electron chi connectivity index (χ2n) is 2.65. The lowest BCUT2D eigenvalue weighted by molar-refractivity contribution is -0.367. The highest BCUT2D eigenvalue weighted by Crippen LogP contribution is 2.14. The summed E-state index contributed by atoms with van der Waals surface area (Å²) in [6.45, 7) is 7.13. The van der Waals surface area contributed by atoms with Gasteiger partial charge < -0.3 is 19.3 Å². The third kappa shape index (κ3) is 5.99. The molecule has 0 radical (unpaired) electrons. The molecule has 0 aromatic rings. The molecular weight excluding hydrogens is 172 g/mol. The Balaban J connectivity index is 3.76. The van der Waals surface area contributed by atoms with Crippen molar-refractivity contribution in [2.45, 2.75) is 33.2 Å². The zero-order chi connectivity index (χ0) is 10.2. The van der Waals surface area contributed by atoms with Gasteiger partial charge in [-0.25, -0.2) is 0 Å². The molecule has 0 fully saturated rings. The molecule has 0 spiro atoms. The van der Waals surface area contributed by atoms with Gasteiger partial charge in [0, 0.05) is 26.7 Å². The van der Waals surface area contributed by atoms with Crippen molar-refractivity contribution in [2.75, 3.05) is 26.4 Å². The van der Waals surface area contributed by atoms with Gasteiger partial charge in [-0.2, -0.15) is 0 Å². The maximum Gasteiger partial charge on any atom is 0.279 e. The van der Waals surface area contributed by atoms with E-state index in [2.05, 4.69) is 0 Å². The molecule has 4 nitrogen and oxygen atoms in total. The first-order valence-electron chi connectivity index (χ1n) is 4.71. The fraction of sp³-hybridized carbons (Fsp3) is 1.00. The number of aliphatic hydroxyl groups excluding tert-OH is 1. The summed E-state index contributed by atoms with van der Waals surface area (Å²) in [4.78, 5) is 0. The second-order valence-corrected chi connectivity index (χ2v) is 2.65. The second kappa shape index (κ2) is 7.26. The van der Waals surface area contributed by atoms with Gasteiger partial charge in [0.05, 0.1) is 6.61 Å². The van der Waals surface area contributed by atoms with Gasteiger partial charge in [0.1, 0.15) is 0 Å². The Kier molecular flexibility index (Phi) is 7.17. The first-order valence-corrected chi connectivity index (χ1v) is 4.71. The van der Waals surface area contributed by atoms with Crippen LogP contribution in [0.25, 0.3) is 0 Å². The fourth-order valence-electron chi connectivity index (χ4n) is 0.971. The number of aliphatic hydroxyl groups is 1. The third-order valence-electron chi connectivity index (χ3n) is 1.48. The third-order valence-corrected chi connectivity index (χ3v) is 1.48. The summed E-state index contributed by atoms with van der Waals surface area (Å²) in [5.74, 6) is -0.960. The van der Waals surface area contributed by atoms with Gasteiger partial charge in [0.15, 0.2) is 0 Å². The predicted octanol–water partition coefficient (Wildman–Crippen LogP) is 1.13. The molecule has 0 aliphatic carbocycles. The minimum Gasteiger partial charge on any atom is -0.396 e. The zero-order valence-corrected chi connectivity index (χ0v) is 8.71. The van der Waals surface area contributed by atoms with Crippen molar-refractivity contribution in [2.24, 2.45) is 0 Å². The van der Waals surface area contributed by atoms with Crippen molar-refractivity contribution in [3.8, 4) is 0 Å². The number of rotatable bonds is 8. The Bertz CT molecular complexity index is 110. The van der Waals surface area contributed by atoms with E-state index >= 15 is 0 Å². The average molecular weight is 192 g/mol. The molecule has 4 heteroatoms. The molecule has 13 heavy (non-hydrogen) atoms. The van der Waals surface area contributed by atoms with E-state index in [1.54, 1.807) is 6.92 Å². The van der Waals surface area contributed by atoms with Crippen LogP contribution < -0.4 is 0 Å². The molecule has 0 aromatic heterocycles. The molecule has 0 unspecified atom stereocenters. The summed E-state index contributed by atoms with van der Waals surface area (Å²) in [5.41, 5.74) is 0. The zero-order valence-electron chi connectivity index (χ0n) is 8.71. The lowest BCUT2D eigenvalue weighted by Crippen LogP contribution is -2.36. The highest BCUT2D eigenvalue weighted by molar-refractivity contribution is 4.47. The largest absolute Gasteiger partial charge is 0.396 e.